The number of hydrogen-bond donors (Lipinski definition) is 1. The monoisotopic (exact) mass is 234 g/mol. The van der Waals surface area contributed by atoms with Gasteiger partial charge in [0.05, 0.1) is 7.11 Å². The average Bonchev–Trinajstić information content (AvgIpc) is 2.29. The molecule has 0 heterocycles. The van der Waals surface area contributed by atoms with E-state index in [9.17, 15) is 0 Å². The Balaban J connectivity index is 2.55. The van der Waals surface area contributed by atoms with E-state index in [0.717, 1.165) is 25.4 Å². The Morgan fingerprint density at radius 1 is 1.41 bits per heavy atom. The molecule has 0 amide bonds. The predicted molar refractivity (Wildman–Crippen MR) is 72.4 cm³/mol. The first kappa shape index (κ1) is 13.7. The maximum absolute atomic E-state index is 5.34. The molecule has 1 aromatic rings. The van der Waals surface area contributed by atoms with Crippen LogP contribution in [-0.4, -0.2) is 39.2 Å². The molecular formula is C14H22N2O. The maximum atomic E-state index is 5.34. The van der Waals surface area contributed by atoms with Gasteiger partial charge < -0.3 is 10.1 Å². The van der Waals surface area contributed by atoms with E-state index in [2.05, 4.69) is 29.9 Å². The lowest BCUT2D eigenvalue weighted by Gasteiger charge is -2.19. The van der Waals surface area contributed by atoms with Crippen LogP contribution in [0.1, 0.15) is 5.56 Å². The Hall–Kier alpha value is -1.32. The molecule has 0 aliphatic heterocycles. The molecule has 0 aliphatic rings. The Labute approximate surface area is 104 Å². The molecule has 0 fully saturated rings. The molecule has 0 radical (unpaired) electrons. The first-order valence-corrected chi connectivity index (χ1v) is 5.79. The summed E-state index contributed by atoms with van der Waals surface area (Å²) in [5.74, 6) is 0.943. The van der Waals surface area contributed by atoms with E-state index < -0.39 is 0 Å². The number of ether oxygens (including phenoxy) is 1. The highest BCUT2D eigenvalue weighted by Gasteiger charge is 2.06. The van der Waals surface area contributed by atoms with Crippen molar-refractivity contribution in [3.63, 3.8) is 0 Å². The van der Waals surface area contributed by atoms with Crippen LogP contribution in [0.4, 0.5) is 0 Å². The van der Waals surface area contributed by atoms with Gasteiger partial charge in [0, 0.05) is 25.2 Å². The lowest BCUT2D eigenvalue weighted by molar-refractivity contribution is 0.339. The lowest BCUT2D eigenvalue weighted by Crippen LogP contribution is -2.24. The van der Waals surface area contributed by atoms with Crippen molar-refractivity contribution < 1.29 is 4.74 Å². The predicted octanol–water partition coefficient (Wildman–Crippen LogP) is 1.90. The quantitative estimate of drug-likeness (QED) is 0.729. The van der Waals surface area contributed by atoms with Crippen LogP contribution in [-0.2, 0) is 6.54 Å². The lowest BCUT2D eigenvalue weighted by atomic mass is 10.2. The van der Waals surface area contributed by atoms with Crippen LogP contribution in [0.15, 0.2) is 36.4 Å². The van der Waals surface area contributed by atoms with Gasteiger partial charge in [-0.05, 0) is 25.7 Å². The van der Waals surface area contributed by atoms with Crippen molar-refractivity contribution >= 4 is 0 Å². The van der Waals surface area contributed by atoms with Crippen LogP contribution in [0.2, 0.25) is 0 Å². The molecular weight excluding hydrogens is 212 g/mol. The third-order valence-corrected chi connectivity index (χ3v) is 2.55. The smallest absolute Gasteiger partial charge is 0.123 e. The van der Waals surface area contributed by atoms with E-state index in [0.29, 0.717) is 0 Å². The van der Waals surface area contributed by atoms with Crippen LogP contribution in [0.5, 0.6) is 5.75 Å². The minimum atomic E-state index is 0.857. The normalized spacial score (nSPS) is 10.6. The van der Waals surface area contributed by atoms with Gasteiger partial charge >= 0.3 is 0 Å². The van der Waals surface area contributed by atoms with Crippen molar-refractivity contribution in [2.24, 2.45) is 0 Å². The van der Waals surface area contributed by atoms with Crippen molar-refractivity contribution in [2.45, 2.75) is 6.54 Å². The highest BCUT2D eigenvalue weighted by atomic mass is 16.5. The molecule has 0 saturated carbocycles. The van der Waals surface area contributed by atoms with Crippen LogP contribution < -0.4 is 10.1 Å². The molecule has 1 aromatic carbocycles. The zero-order valence-electron chi connectivity index (χ0n) is 11.0. The largest absolute Gasteiger partial charge is 0.496 e. The Morgan fingerprint density at radius 3 is 2.76 bits per heavy atom. The fourth-order valence-corrected chi connectivity index (χ4v) is 1.87. The van der Waals surface area contributed by atoms with Gasteiger partial charge in [-0.2, -0.15) is 0 Å². The van der Waals surface area contributed by atoms with Gasteiger partial charge in [0.25, 0.3) is 0 Å². The number of rotatable bonds is 7. The molecule has 0 spiro atoms. The van der Waals surface area contributed by atoms with Crippen molar-refractivity contribution in [2.75, 3.05) is 34.3 Å². The summed E-state index contributed by atoms with van der Waals surface area (Å²) in [6.07, 6.45) is 0. The number of nitrogens with one attached hydrogen (secondary N) is 1. The minimum absolute atomic E-state index is 0.857. The molecule has 0 atom stereocenters. The van der Waals surface area contributed by atoms with Gasteiger partial charge in [-0.1, -0.05) is 24.8 Å². The first-order valence-electron chi connectivity index (χ1n) is 5.79. The zero-order chi connectivity index (χ0) is 12.7. The topological polar surface area (TPSA) is 24.5 Å². The third-order valence-electron chi connectivity index (χ3n) is 2.55. The number of hydrogen-bond acceptors (Lipinski definition) is 3. The highest BCUT2D eigenvalue weighted by Crippen LogP contribution is 2.18. The fraction of sp³-hybridized carbons (Fsp3) is 0.429. The number of methoxy groups -OCH3 is 1. The van der Waals surface area contributed by atoms with Gasteiger partial charge in [0.15, 0.2) is 0 Å². The van der Waals surface area contributed by atoms with Crippen LogP contribution in [0, 0.1) is 0 Å². The number of nitrogens with zero attached hydrogens (tertiary/aromatic N) is 1. The van der Waals surface area contributed by atoms with E-state index in [1.54, 1.807) is 7.11 Å². The minimum Gasteiger partial charge on any atom is -0.496 e. The maximum Gasteiger partial charge on any atom is 0.123 e. The standard InChI is InChI=1S/C14H22N2O/c1-12(9-15-2)10-16(3)11-13-7-5-6-8-14(13)17-4/h5-8,15H,1,9-11H2,2-4H3. The van der Waals surface area contributed by atoms with E-state index in [-0.39, 0.29) is 0 Å². The average molecular weight is 234 g/mol. The second-order valence-corrected chi connectivity index (χ2v) is 4.26. The molecule has 3 heteroatoms. The number of benzene rings is 1. The van der Waals surface area contributed by atoms with Crippen LogP contribution in [0.3, 0.4) is 0 Å². The molecule has 94 valence electrons. The highest BCUT2D eigenvalue weighted by molar-refractivity contribution is 5.33. The van der Waals surface area contributed by atoms with E-state index in [1.807, 2.05) is 25.2 Å². The van der Waals surface area contributed by atoms with E-state index >= 15 is 0 Å². The SMILES string of the molecule is C=C(CNC)CN(C)Cc1ccccc1OC. The van der Waals surface area contributed by atoms with Crippen molar-refractivity contribution in [3.05, 3.63) is 42.0 Å². The first-order chi connectivity index (χ1) is 8.17. The van der Waals surface area contributed by atoms with Gasteiger partial charge in [0.1, 0.15) is 5.75 Å². The molecule has 0 aliphatic carbocycles. The summed E-state index contributed by atoms with van der Waals surface area (Å²) in [4.78, 5) is 2.23. The molecule has 1 rings (SSSR count). The molecule has 17 heavy (non-hydrogen) atoms. The molecule has 0 bridgehead atoms. The van der Waals surface area contributed by atoms with Gasteiger partial charge in [-0.15, -0.1) is 0 Å². The summed E-state index contributed by atoms with van der Waals surface area (Å²) in [6.45, 7) is 6.65. The van der Waals surface area contributed by atoms with Gasteiger partial charge in [-0.25, -0.2) is 0 Å². The van der Waals surface area contributed by atoms with Crippen LogP contribution in [0.25, 0.3) is 0 Å². The summed E-state index contributed by atoms with van der Waals surface area (Å²) >= 11 is 0. The van der Waals surface area contributed by atoms with E-state index in [4.69, 9.17) is 4.74 Å². The van der Waals surface area contributed by atoms with E-state index in [1.165, 1.54) is 11.1 Å². The second kappa shape index (κ2) is 7.09. The summed E-state index contributed by atoms with van der Waals surface area (Å²) < 4.78 is 5.34. The summed E-state index contributed by atoms with van der Waals surface area (Å²) in [5.41, 5.74) is 2.39. The Morgan fingerprint density at radius 2 is 2.12 bits per heavy atom. The third kappa shape index (κ3) is 4.59. The van der Waals surface area contributed by atoms with Crippen molar-refractivity contribution in [1.29, 1.82) is 0 Å². The molecule has 0 saturated heterocycles. The molecule has 1 N–H and O–H groups in total. The van der Waals surface area contributed by atoms with Gasteiger partial charge in [-0.3, -0.25) is 4.90 Å². The molecule has 3 nitrogen and oxygen atoms in total. The van der Waals surface area contributed by atoms with Crippen LogP contribution >= 0.6 is 0 Å². The zero-order valence-corrected chi connectivity index (χ0v) is 11.0. The number of para-hydroxylation sites is 1. The molecule has 0 unspecified atom stereocenters. The van der Waals surface area contributed by atoms with Crippen molar-refractivity contribution in [1.82, 2.24) is 10.2 Å². The number of likely N-dealkylation sites (N-methyl/N-ethyl adjacent to an activating group) is 2. The summed E-state index contributed by atoms with van der Waals surface area (Å²) in [5, 5.41) is 3.11. The summed E-state index contributed by atoms with van der Waals surface area (Å²) in [6, 6.07) is 8.11. The fourth-order valence-electron chi connectivity index (χ4n) is 1.87. The second-order valence-electron chi connectivity index (χ2n) is 4.26. The Kier molecular flexibility index (Phi) is 5.73. The Bertz CT molecular complexity index is 363. The molecule has 0 aromatic heterocycles. The van der Waals surface area contributed by atoms with Crippen molar-refractivity contribution in [3.8, 4) is 5.75 Å². The summed E-state index contributed by atoms with van der Waals surface area (Å²) in [7, 11) is 5.73. The van der Waals surface area contributed by atoms with Gasteiger partial charge in [0.2, 0.25) is 0 Å².